The topological polar surface area (TPSA) is 67.6 Å². The SMILES string of the molecule is Cn1c(SCC(=O)N2N=C(c3cccs3)CC2c2cccs2)nc2ccccc2c1=O. The molecule has 156 valence electrons. The number of hydrogen-bond donors (Lipinski definition) is 0. The Morgan fingerprint density at radius 1 is 1.13 bits per heavy atom. The Morgan fingerprint density at radius 2 is 1.94 bits per heavy atom. The van der Waals surface area contributed by atoms with Gasteiger partial charge in [0.2, 0.25) is 0 Å². The van der Waals surface area contributed by atoms with Crippen molar-refractivity contribution in [3.05, 3.63) is 79.4 Å². The smallest absolute Gasteiger partial charge is 0.261 e. The van der Waals surface area contributed by atoms with Gasteiger partial charge in [-0.2, -0.15) is 5.10 Å². The number of hydrazone groups is 1. The molecule has 1 aliphatic heterocycles. The Kier molecular flexibility index (Phi) is 5.47. The predicted molar refractivity (Wildman–Crippen MR) is 127 cm³/mol. The summed E-state index contributed by atoms with van der Waals surface area (Å²) < 4.78 is 1.50. The van der Waals surface area contributed by atoms with Crippen molar-refractivity contribution < 1.29 is 4.79 Å². The van der Waals surface area contributed by atoms with Crippen molar-refractivity contribution in [2.24, 2.45) is 12.1 Å². The summed E-state index contributed by atoms with van der Waals surface area (Å²) in [7, 11) is 1.69. The van der Waals surface area contributed by atoms with Gasteiger partial charge in [0.05, 0.1) is 33.3 Å². The zero-order valence-electron chi connectivity index (χ0n) is 16.6. The molecule has 4 heterocycles. The van der Waals surface area contributed by atoms with Crippen LogP contribution >= 0.6 is 34.4 Å². The van der Waals surface area contributed by atoms with Crippen LogP contribution in [0.5, 0.6) is 0 Å². The number of amides is 1. The van der Waals surface area contributed by atoms with Crippen molar-refractivity contribution in [1.82, 2.24) is 14.6 Å². The second-order valence-electron chi connectivity index (χ2n) is 7.06. The van der Waals surface area contributed by atoms with Crippen molar-refractivity contribution >= 4 is 57.0 Å². The standard InChI is InChI=1S/C22H18N4O2S3/c1-25-21(28)14-6-2-3-7-15(14)23-22(25)31-13-20(27)26-17(19-9-5-11-30-19)12-16(24-26)18-8-4-10-29-18/h2-11,17H,12-13H2,1H3. The fourth-order valence-corrected chi connectivity index (χ4v) is 5.91. The molecule has 0 saturated heterocycles. The van der Waals surface area contributed by atoms with Gasteiger partial charge in [-0.3, -0.25) is 14.2 Å². The molecule has 1 unspecified atom stereocenters. The molecule has 5 rings (SSSR count). The van der Waals surface area contributed by atoms with Crippen LogP contribution in [-0.2, 0) is 11.8 Å². The average Bonchev–Trinajstić information content (AvgIpc) is 3.55. The van der Waals surface area contributed by atoms with Crippen LogP contribution in [-0.4, -0.2) is 31.9 Å². The van der Waals surface area contributed by atoms with Crippen LogP contribution in [0.15, 0.2) is 74.3 Å². The molecule has 1 aromatic carbocycles. The lowest BCUT2D eigenvalue weighted by atomic mass is 10.1. The Hall–Kier alpha value is -2.75. The van der Waals surface area contributed by atoms with Gasteiger partial charge in [0.25, 0.3) is 11.5 Å². The second kappa shape index (κ2) is 8.41. The summed E-state index contributed by atoms with van der Waals surface area (Å²) in [6.45, 7) is 0. The van der Waals surface area contributed by atoms with Crippen molar-refractivity contribution in [1.29, 1.82) is 0 Å². The first-order valence-electron chi connectivity index (χ1n) is 9.67. The Labute approximate surface area is 190 Å². The van der Waals surface area contributed by atoms with Crippen LogP contribution in [0.4, 0.5) is 0 Å². The molecule has 0 bridgehead atoms. The molecule has 0 radical (unpaired) electrons. The van der Waals surface area contributed by atoms with E-state index in [0.717, 1.165) is 15.5 Å². The molecule has 1 amide bonds. The summed E-state index contributed by atoms with van der Waals surface area (Å²) >= 11 is 4.53. The van der Waals surface area contributed by atoms with Gasteiger partial charge < -0.3 is 0 Å². The molecule has 31 heavy (non-hydrogen) atoms. The minimum Gasteiger partial charge on any atom is -0.290 e. The minimum absolute atomic E-state index is 0.0985. The van der Waals surface area contributed by atoms with Gasteiger partial charge in [0.1, 0.15) is 0 Å². The first-order valence-corrected chi connectivity index (χ1v) is 12.4. The molecule has 0 N–H and O–H groups in total. The number of nitrogens with zero attached hydrogens (tertiary/aromatic N) is 4. The predicted octanol–water partition coefficient (Wildman–Crippen LogP) is 4.53. The number of hydrogen-bond acceptors (Lipinski definition) is 7. The quantitative estimate of drug-likeness (QED) is 0.320. The highest BCUT2D eigenvalue weighted by Crippen LogP contribution is 2.36. The lowest BCUT2D eigenvalue weighted by Gasteiger charge is -2.20. The molecular formula is C22H18N4O2S3. The van der Waals surface area contributed by atoms with Crippen LogP contribution in [0.3, 0.4) is 0 Å². The molecule has 1 atom stereocenters. The van der Waals surface area contributed by atoms with E-state index in [2.05, 4.69) is 10.1 Å². The number of carbonyl (C=O) groups excluding carboxylic acids is 1. The maximum atomic E-state index is 13.2. The fraction of sp³-hybridized carbons (Fsp3) is 0.182. The number of thioether (sulfide) groups is 1. The van der Waals surface area contributed by atoms with E-state index in [9.17, 15) is 9.59 Å². The zero-order chi connectivity index (χ0) is 21.4. The van der Waals surface area contributed by atoms with E-state index in [-0.39, 0.29) is 23.3 Å². The summed E-state index contributed by atoms with van der Waals surface area (Å²) in [6.07, 6.45) is 0.699. The van der Waals surface area contributed by atoms with E-state index in [4.69, 9.17) is 0 Å². The number of benzene rings is 1. The molecule has 6 nitrogen and oxygen atoms in total. The largest absolute Gasteiger partial charge is 0.290 e. The summed E-state index contributed by atoms with van der Waals surface area (Å²) in [4.78, 5) is 32.6. The number of para-hydroxylation sites is 1. The van der Waals surface area contributed by atoms with Gasteiger partial charge in [0.15, 0.2) is 5.16 Å². The molecule has 0 fully saturated rings. The highest BCUT2D eigenvalue weighted by atomic mass is 32.2. The summed E-state index contributed by atoms with van der Waals surface area (Å²) in [6, 6.07) is 15.2. The second-order valence-corrected chi connectivity index (χ2v) is 9.93. The highest BCUT2D eigenvalue weighted by molar-refractivity contribution is 7.99. The highest BCUT2D eigenvalue weighted by Gasteiger charge is 2.34. The number of fused-ring (bicyclic) bond motifs is 1. The van der Waals surface area contributed by atoms with Crippen LogP contribution in [0.2, 0.25) is 0 Å². The van der Waals surface area contributed by atoms with E-state index in [1.807, 2.05) is 53.2 Å². The van der Waals surface area contributed by atoms with Gasteiger partial charge in [-0.25, -0.2) is 9.99 Å². The van der Waals surface area contributed by atoms with Gasteiger partial charge in [-0.15, -0.1) is 22.7 Å². The van der Waals surface area contributed by atoms with Crippen molar-refractivity contribution in [2.45, 2.75) is 17.6 Å². The number of thiophene rings is 2. The lowest BCUT2D eigenvalue weighted by molar-refractivity contribution is -0.130. The van der Waals surface area contributed by atoms with Crippen molar-refractivity contribution in [3.63, 3.8) is 0 Å². The first kappa shape index (κ1) is 20.2. The van der Waals surface area contributed by atoms with Gasteiger partial charge in [-0.05, 0) is 35.0 Å². The molecular weight excluding hydrogens is 448 g/mol. The van der Waals surface area contributed by atoms with Gasteiger partial charge >= 0.3 is 0 Å². The lowest BCUT2D eigenvalue weighted by Crippen LogP contribution is -2.28. The Morgan fingerprint density at radius 3 is 2.71 bits per heavy atom. The molecule has 1 aliphatic rings. The molecule has 9 heteroatoms. The third-order valence-corrected chi connectivity index (χ3v) is 8.02. The number of rotatable bonds is 5. The number of aromatic nitrogens is 2. The van der Waals surface area contributed by atoms with E-state index in [1.54, 1.807) is 40.8 Å². The van der Waals surface area contributed by atoms with Crippen molar-refractivity contribution in [2.75, 3.05) is 5.75 Å². The monoisotopic (exact) mass is 466 g/mol. The Balaban J connectivity index is 1.40. The molecule has 0 saturated carbocycles. The summed E-state index contributed by atoms with van der Waals surface area (Å²) in [5.41, 5.74) is 1.45. The van der Waals surface area contributed by atoms with Crippen LogP contribution in [0.25, 0.3) is 10.9 Å². The number of carbonyl (C=O) groups is 1. The van der Waals surface area contributed by atoms with E-state index >= 15 is 0 Å². The van der Waals surface area contributed by atoms with Crippen molar-refractivity contribution in [3.8, 4) is 0 Å². The molecule has 3 aromatic heterocycles. The van der Waals surface area contributed by atoms with Gasteiger partial charge in [0, 0.05) is 18.3 Å². The maximum Gasteiger partial charge on any atom is 0.261 e. The average molecular weight is 467 g/mol. The molecule has 0 spiro atoms. The van der Waals surface area contributed by atoms with Crippen LogP contribution < -0.4 is 5.56 Å². The van der Waals surface area contributed by atoms with Crippen LogP contribution in [0.1, 0.15) is 22.2 Å². The molecule has 0 aliphatic carbocycles. The summed E-state index contributed by atoms with van der Waals surface area (Å²) in [5.74, 6) is 0.0548. The third kappa shape index (κ3) is 3.84. The van der Waals surface area contributed by atoms with E-state index < -0.39 is 0 Å². The summed E-state index contributed by atoms with van der Waals surface area (Å²) in [5, 5.41) is 11.4. The Bertz CT molecular complexity index is 1330. The minimum atomic E-state index is -0.115. The maximum absolute atomic E-state index is 13.2. The zero-order valence-corrected chi connectivity index (χ0v) is 19.0. The fourth-order valence-electron chi connectivity index (χ4n) is 3.55. The van der Waals surface area contributed by atoms with E-state index in [0.29, 0.717) is 22.5 Å². The van der Waals surface area contributed by atoms with Gasteiger partial charge in [-0.1, -0.05) is 36.0 Å². The normalized spacial score (nSPS) is 16.1. The first-order chi connectivity index (χ1) is 15.1. The molecule has 4 aromatic rings. The third-order valence-electron chi connectivity index (χ3n) is 5.11. The van der Waals surface area contributed by atoms with Crippen LogP contribution in [0, 0.1) is 0 Å². The van der Waals surface area contributed by atoms with E-state index in [1.165, 1.54) is 16.3 Å².